The summed E-state index contributed by atoms with van der Waals surface area (Å²) < 4.78 is 3.60. The van der Waals surface area contributed by atoms with Crippen molar-refractivity contribution in [2.45, 2.75) is 39.2 Å². The number of halogens is 1. The molecule has 3 aromatic rings. The molecule has 4 heteroatoms. The standard InChI is InChI=1S/C18H21N2S.HI/c1-2-3-4-8-13-20-14-9-7-11-16(20)18-19-15-10-5-6-12-17(15)21-18;/h5-7,9-12,14H,2-4,8,13H2,1H3;1H/q+1;/p-1. The average molecular weight is 424 g/mol. The minimum absolute atomic E-state index is 0. The van der Waals surface area contributed by atoms with Gasteiger partial charge >= 0.3 is 0 Å². The SMILES string of the molecule is CCCCCC[n+]1ccccc1-c1nc2ccccc2s1.[I-]. The summed E-state index contributed by atoms with van der Waals surface area (Å²) in [6.07, 6.45) is 7.32. The van der Waals surface area contributed by atoms with E-state index in [-0.39, 0.29) is 24.0 Å². The second-order valence-corrected chi connectivity index (χ2v) is 6.36. The number of pyridine rings is 1. The van der Waals surface area contributed by atoms with Crippen LogP contribution < -0.4 is 28.5 Å². The summed E-state index contributed by atoms with van der Waals surface area (Å²) in [5, 5.41) is 1.12. The van der Waals surface area contributed by atoms with E-state index in [1.807, 2.05) is 0 Å². The third-order valence-electron chi connectivity index (χ3n) is 3.71. The van der Waals surface area contributed by atoms with E-state index in [0.717, 1.165) is 17.1 Å². The highest BCUT2D eigenvalue weighted by Gasteiger charge is 2.16. The van der Waals surface area contributed by atoms with E-state index in [1.165, 1.54) is 36.1 Å². The Labute approximate surface area is 153 Å². The first-order valence-electron chi connectivity index (χ1n) is 7.73. The zero-order chi connectivity index (χ0) is 14.5. The predicted octanol–water partition coefficient (Wildman–Crippen LogP) is 1.84. The number of aromatic nitrogens is 2. The monoisotopic (exact) mass is 424 g/mol. The maximum Gasteiger partial charge on any atom is 0.241 e. The van der Waals surface area contributed by atoms with Crippen molar-refractivity contribution in [3.63, 3.8) is 0 Å². The molecule has 3 rings (SSSR count). The fourth-order valence-corrected chi connectivity index (χ4v) is 3.56. The Hall–Kier alpha value is -1.01. The Kier molecular flexibility index (Phi) is 6.76. The zero-order valence-corrected chi connectivity index (χ0v) is 15.8. The number of hydrogen-bond donors (Lipinski definition) is 0. The second kappa shape index (κ2) is 8.58. The van der Waals surface area contributed by atoms with Gasteiger partial charge in [0.25, 0.3) is 0 Å². The summed E-state index contributed by atoms with van der Waals surface area (Å²) in [6.45, 7) is 3.33. The zero-order valence-electron chi connectivity index (χ0n) is 12.8. The lowest BCUT2D eigenvalue weighted by molar-refractivity contribution is -0.686. The molecule has 0 atom stereocenters. The molecule has 0 fully saturated rings. The van der Waals surface area contributed by atoms with Gasteiger partial charge in [0.15, 0.2) is 11.2 Å². The summed E-state index contributed by atoms with van der Waals surface area (Å²) in [5.74, 6) is 0. The predicted molar refractivity (Wildman–Crippen MR) is 89.4 cm³/mol. The molecule has 0 aliphatic carbocycles. The summed E-state index contributed by atoms with van der Waals surface area (Å²) in [7, 11) is 0. The number of nitrogens with zero attached hydrogens (tertiary/aromatic N) is 2. The lowest BCUT2D eigenvalue weighted by Crippen LogP contribution is -3.00. The topological polar surface area (TPSA) is 16.8 Å². The summed E-state index contributed by atoms with van der Waals surface area (Å²) in [4.78, 5) is 4.79. The molecule has 0 aliphatic heterocycles. The molecule has 0 unspecified atom stereocenters. The minimum atomic E-state index is 0. The van der Waals surface area contributed by atoms with E-state index in [0.29, 0.717) is 0 Å². The van der Waals surface area contributed by atoms with Gasteiger partial charge in [0.2, 0.25) is 5.69 Å². The molecule has 2 heterocycles. The number of aryl methyl sites for hydroxylation is 1. The number of rotatable bonds is 6. The van der Waals surface area contributed by atoms with Gasteiger partial charge in [-0.1, -0.05) is 31.9 Å². The molecule has 2 nitrogen and oxygen atoms in total. The van der Waals surface area contributed by atoms with Crippen molar-refractivity contribution in [1.29, 1.82) is 0 Å². The van der Waals surface area contributed by atoms with Crippen LogP contribution in [0.4, 0.5) is 0 Å². The highest BCUT2D eigenvalue weighted by Crippen LogP contribution is 2.27. The number of unbranched alkanes of at least 4 members (excludes halogenated alkanes) is 3. The third kappa shape index (κ3) is 4.04. The summed E-state index contributed by atoms with van der Waals surface area (Å²) in [6, 6.07) is 14.7. The molecular formula is C18H21IN2S. The van der Waals surface area contributed by atoms with Crippen LogP contribution in [-0.4, -0.2) is 4.98 Å². The Morgan fingerprint density at radius 1 is 1.00 bits per heavy atom. The van der Waals surface area contributed by atoms with E-state index in [9.17, 15) is 0 Å². The fourth-order valence-electron chi connectivity index (χ4n) is 2.56. The van der Waals surface area contributed by atoms with Crippen molar-refractivity contribution in [3.05, 3.63) is 48.7 Å². The molecule has 0 amide bonds. The van der Waals surface area contributed by atoms with Gasteiger partial charge in [-0.15, -0.1) is 11.3 Å². The summed E-state index contributed by atoms with van der Waals surface area (Å²) in [5.41, 5.74) is 2.33. The first kappa shape index (κ1) is 17.3. The molecule has 0 saturated carbocycles. The van der Waals surface area contributed by atoms with Crippen LogP contribution in [0.15, 0.2) is 48.7 Å². The highest BCUT2D eigenvalue weighted by molar-refractivity contribution is 7.21. The maximum atomic E-state index is 4.79. The van der Waals surface area contributed by atoms with E-state index in [4.69, 9.17) is 4.98 Å². The Bertz CT molecular complexity index is 691. The van der Waals surface area contributed by atoms with Crippen molar-refractivity contribution in [1.82, 2.24) is 4.98 Å². The van der Waals surface area contributed by atoms with Gasteiger partial charge < -0.3 is 24.0 Å². The van der Waals surface area contributed by atoms with E-state index in [2.05, 4.69) is 60.2 Å². The van der Waals surface area contributed by atoms with Crippen LogP contribution in [0.5, 0.6) is 0 Å². The first-order valence-corrected chi connectivity index (χ1v) is 8.54. The third-order valence-corrected chi connectivity index (χ3v) is 4.77. The minimum Gasteiger partial charge on any atom is -1.00 e. The smallest absolute Gasteiger partial charge is 0.241 e. The quantitative estimate of drug-likeness (QED) is 0.335. The molecule has 0 bridgehead atoms. The Balaban J connectivity index is 0.00000176. The van der Waals surface area contributed by atoms with E-state index in [1.54, 1.807) is 11.3 Å². The normalized spacial score (nSPS) is 10.6. The molecule has 0 aliphatic rings. The van der Waals surface area contributed by atoms with Gasteiger partial charge in [0.05, 0.1) is 10.2 Å². The van der Waals surface area contributed by atoms with Crippen LogP contribution in [0.3, 0.4) is 0 Å². The van der Waals surface area contributed by atoms with Crippen LogP contribution in [0.2, 0.25) is 0 Å². The highest BCUT2D eigenvalue weighted by atomic mass is 127. The van der Waals surface area contributed by atoms with Crippen molar-refractivity contribution in [3.8, 4) is 10.7 Å². The van der Waals surface area contributed by atoms with Crippen molar-refractivity contribution < 1.29 is 28.5 Å². The Morgan fingerprint density at radius 2 is 1.82 bits per heavy atom. The van der Waals surface area contributed by atoms with Crippen LogP contribution >= 0.6 is 11.3 Å². The average Bonchev–Trinajstić information content (AvgIpc) is 2.96. The van der Waals surface area contributed by atoms with E-state index >= 15 is 0 Å². The molecule has 0 radical (unpaired) electrons. The Morgan fingerprint density at radius 3 is 2.64 bits per heavy atom. The lowest BCUT2D eigenvalue weighted by Gasteiger charge is -2.01. The van der Waals surface area contributed by atoms with E-state index < -0.39 is 0 Å². The largest absolute Gasteiger partial charge is 1.00 e. The first-order chi connectivity index (χ1) is 10.4. The molecule has 1 aromatic carbocycles. The number of fused-ring (bicyclic) bond motifs is 1. The van der Waals surface area contributed by atoms with Crippen molar-refractivity contribution >= 4 is 21.6 Å². The number of para-hydroxylation sites is 1. The van der Waals surface area contributed by atoms with Gasteiger partial charge in [-0.3, -0.25) is 0 Å². The van der Waals surface area contributed by atoms with Crippen molar-refractivity contribution in [2.75, 3.05) is 0 Å². The van der Waals surface area contributed by atoms with Crippen LogP contribution in [-0.2, 0) is 6.54 Å². The van der Waals surface area contributed by atoms with Gasteiger partial charge in [-0.25, -0.2) is 4.98 Å². The molecule has 0 N–H and O–H groups in total. The summed E-state index contributed by atoms with van der Waals surface area (Å²) >= 11 is 1.78. The van der Waals surface area contributed by atoms with Crippen LogP contribution in [0.25, 0.3) is 20.9 Å². The molecule has 116 valence electrons. The van der Waals surface area contributed by atoms with Crippen LogP contribution in [0, 0.1) is 0 Å². The van der Waals surface area contributed by atoms with Crippen LogP contribution in [0.1, 0.15) is 32.6 Å². The molecule has 0 spiro atoms. The van der Waals surface area contributed by atoms with Gasteiger partial charge in [0, 0.05) is 18.6 Å². The van der Waals surface area contributed by atoms with Crippen molar-refractivity contribution in [2.24, 2.45) is 0 Å². The number of thiazole rings is 1. The molecule has 22 heavy (non-hydrogen) atoms. The number of benzene rings is 1. The fraction of sp³-hybridized carbons (Fsp3) is 0.333. The molecular weight excluding hydrogens is 403 g/mol. The number of hydrogen-bond acceptors (Lipinski definition) is 2. The maximum absolute atomic E-state index is 4.79. The van der Waals surface area contributed by atoms with Gasteiger partial charge in [0.1, 0.15) is 6.54 Å². The molecule has 2 aromatic heterocycles. The van der Waals surface area contributed by atoms with Gasteiger partial charge in [-0.2, -0.15) is 4.57 Å². The molecule has 0 saturated heterocycles. The lowest BCUT2D eigenvalue weighted by atomic mass is 10.2. The van der Waals surface area contributed by atoms with Gasteiger partial charge in [-0.05, 0) is 24.6 Å². The second-order valence-electron chi connectivity index (χ2n) is 5.33.